The van der Waals surface area contributed by atoms with E-state index in [4.69, 9.17) is 4.74 Å². The summed E-state index contributed by atoms with van der Waals surface area (Å²) in [6.07, 6.45) is 3.45. The number of ether oxygens (including phenoxy) is 1. The van der Waals surface area contributed by atoms with Crippen LogP contribution in [0.15, 0.2) is 89.5 Å². The number of hydrogen-bond donors (Lipinski definition) is 0. The second-order valence-electron chi connectivity index (χ2n) is 7.59. The van der Waals surface area contributed by atoms with Crippen LogP contribution < -0.4 is 9.75 Å². The fraction of sp³-hybridized carbons (Fsp3) is 0.154. The molecule has 0 bridgehead atoms. The smallest absolute Gasteiger partial charge is 0.280 e. The van der Waals surface area contributed by atoms with E-state index in [1.54, 1.807) is 12.1 Å². The number of carbonyl (C=O) groups is 1. The second kappa shape index (κ2) is 9.91. The van der Waals surface area contributed by atoms with Crippen LogP contribution in [0.25, 0.3) is 6.08 Å². The molecule has 7 nitrogen and oxygen atoms in total. The molecule has 4 rings (SSSR count). The van der Waals surface area contributed by atoms with Crippen molar-refractivity contribution in [2.45, 2.75) is 26.4 Å². The second-order valence-corrected chi connectivity index (χ2v) is 7.59. The van der Waals surface area contributed by atoms with Gasteiger partial charge >= 0.3 is 0 Å². The third kappa shape index (κ3) is 5.15. The van der Waals surface area contributed by atoms with Gasteiger partial charge in [0.2, 0.25) is 0 Å². The van der Waals surface area contributed by atoms with Crippen LogP contribution in [0.3, 0.4) is 0 Å². The summed E-state index contributed by atoms with van der Waals surface area (Å²) in [5.41, 5.74) is 3.72. The SMILES string of the molecule is CCCC1=NN(c2ccccc2)C(=O)/C1=C\c1ccc(OCc2cccc([N+](=O)[O-])c2)cc1. The van der Waals surface area contributed by atoms with E-state index >= 15 is 0 Å². The number of rotatable bonds is 8. The summed E-state index contributed by atoms with van der Waals surface area (Å²) < 4.78 is 5.77. The molecule has 3 aromatic rings. The van der Waals surface area contributed by atoms with Gasteiger partial charge in [0, 0.05) is 12.1 Å². The highest BCUT2D eigenvalue weighted by Gasteiger charge is 2.30. The van der Waals surface area contributed by atoms with Gasteiger partial charge in [-0.05, 0) is 47.9 Å². The van der Waals surface area contributed by atoms with Crippen LogP contribution in [-0.2, 0) is 11.4 Å². The monoisotopic (exact) mass is 441 g/mol. The van der Waals surface area contributed by atoms with Crippen molar-refractivity contribution < 1.29 is 14.5 Å². The average molecular weight is 441 g/mol. The van der Waals surface area contributed by atoms with Gasteiger partial charge in [0.25, 0.3) is 11.6 Å². The van der Waals surface area contributed by atoms with Gasteiger partial charge in [-0.1, -0.05) is 55.8 Å². The lowest BCUT2D eigenvalue weighted by molar-refractivity contribution is -0.384. The van der Waals surface area contributed by atoms with E-state index in [1.807, 2.05) is 60.7 Å². The number of nitrogens with zero attached hydrogens (tertiary/aromatic N) is 3. The van der Waals surface area contributed by atoms with Gasteiger partial charge in [0.1, 0.15) is 12.4 Å². The number of non-ortho nitro benzene ring substituents is 1. The van der Waals surface area contributed by atoms with Crippen molar-refractivity contribution in [2.24, 2.45) is 5.10 Å². The van der Waals surface area contributed by atoms with Gasteiger partial charge in [0.05, 0.1) is 21.9 Å². The summed E-state index contributed by atoms with van der Waals surface area (Å²) in [4.78, 5) is 23.6. The van der Waals surface area contributed by atoms with Crippen LogP contribution in [0, 0.1) is 10.1 Å². The van der Waals surface area contributed by atoms with Crippen LogP contribution in [0.4, 0.5) is 11.4 Å². The molecule has 1 aliphatic heterocycles. The summed E-state index contributed by atoms with van der Waals surface area (Å²) in [7, 11) is 0. The third-order valence-electron chi connectivity index (χ3n) is 5.16. The van der Waals surface area contributed by atoms with Crippen LogP contribution in [0.2, 0.25) is 0 Å². The van der Waals surface area contributed by atoms with Crippen molar-refractivity contribution >= 4 is 29.1 Å². The van der Waals surface area contributed by atoms with E-state index in [1.165, 1.54) is 17.1 Å². The molecule has 0 aliphatic carbocycles. The zero-order chi connectivity index (χ0) is 23.2. The summed E-state index contributed by atoms with van der Waals surface area (Å²) in [5, 5.41) is 16.9. The lowest BCUT2D eigenvalue weighted by Gasteiger charge is -2.11. The Morgan fingerprint density at radius 1 is 1.03 bits per heavy atom. The van der Waals surface area contributed by atoms with Crippen LogP contribution in [-0.4, -0.2) is 16.5 Å². The van der Waals surface area contributed by atoms with Gasteiger partial charge in [-0.2, -0.15) is 10.1 Å². The zero-order valence-corrected chi connectivity index (χ0v) is 18.2. The standard InChI is InChI=1S/C26H23N3O4/c1-2-7-25-24(26(30)28(27-25)21-9-4-3-5-10-21)17-19-12-14-23(15-13-19)33-18-20-8-6-11-22(16-20)29(31)32/h3-6,8-17H,2,7,18H2,1H3/b24-17-. The Bertz CT molecular complexity index is 1220. The minimum Gasteiger partial charge on any atom is -0.489 e. The number of benzene rings is 3. The highest BCUT2D eigenvalue weighted by Crippen LogP contribution is 2.27. The number of hydrogen-bond acceptors (Lipinski definition) is 5. The predicted octanol–water partition coefficient (Wildman–Crippen LogP) is 5.76. The summed E-state index contributed by atoms with van der Waals surface area (Å²) in [6, 6.07) is 23.1. The number of anilines is 1. The molecule has 0 spiro atoms. The average Bonchev–Trinajstić information content (AvgIpc) is 3.14. The molecule has 0 saturated heterocycles. The van der Waals surface area contributed by atoms with Gasteiger partial charge in [0.15, 0.2) is 0 Å². The first kappa shape index (κ1) is 22.0. The zero-order valence-electron chi connectivity index (χ0n) is 18.2. The minimum absolute atomic E-state index is 0.0356. The Labute approximate surface area is 191 Å². The molecule has 33 heavy (non-hydrogen) atoms. The van der Waals surface area contributed by atoms with Crippen molar-refractivity contribution in [3.05, 3.63) is 106 Å². The Morgan fingerprint density at radius 3 is 2.48 bits per heavy atom. The molecule has 0 aromatic heterocycles. The number of amides is 1. The van der Waals surface area contributed by atoms with Gasteiger partial charge in [-0.25, -0.2) is 0 Å². The Morgan fingerprint density at radius 2 is 1.79 bits per heavy atom. The maximum Gasteiger partial charge on any atom is 0.280 e. The summed E-state index contributed by atoms with van der Waals surface area (Å²) in [6.45, 7) is 2.28. The highest BCUT2D eigenvalue weighted by molar-refractivity contribution is 6.32. The van der Waals surface area contributed by atoms with Crippen LogP contribution in [0.1, 0.15) is 30.9 Å². The maximum absolute atomic E-state index is 13.1. The largest absolute Gasteiger partial charge is 0.489 e. The molecule has 1 aliphatic rings. The van der Waals surface area contributed by atoms with E-state index in [9.17, 15) is 14.9 Å². The number of nitro benzene ring substituents is 1. The Balaban J connectivity index is 1.48. The van der Waals surface area contributed by atoms with Crippen LogP contribution >= 0.6 is 0 Å². The normalized spacial score (nSPS) is 14.5. The van der Waals surface area contributed by atoms with Gasteiger partial charge in [-0.15, -0.1) is 0 Å². The predicted molar refractivity (Wildman–Crippen MR) is 128 cm³/mol. The lowest BCUT2D eigenvalue weighted by Crippen LogP contribution is -2.21. The van der Waals surface area contributed by atoms with Crippen molar-refractivity contribution in [1.29, 1.82) is 0 Å². The topological polar surface area (TPSA) is 85.0 Å². The van der Waals surface area contributed by atoms with Crippen molar-refractivity contribution in [2.75, 3.05) is 5.01 Å². The molecule has 0 N–H and O–H groups in total. The van der Waals surface area contributed by atoms with Crippen molar-refractivity contribution in [3.63, 3.8) is 0 Å². The van der Waals surface area contributed by atoms with Crippen molar-refractivity contribution in [1.82, 2.24) is 0 Å². The van der Waals surface area contributed by atoms with Crippen molar-refractivity contribution in [3.8, 4) is 5.75 Å². The van der Waals surface area contributed by atoms with E-state index < -0.39 is 4.92 Å². The minimum atomic E-state index is -0.425. The molecule has 0 atom stereocenters. The van der Waals surface area contributed by atoms with Gasteiger partial charge < -0.3 is 4.74 Å². The number of nitro groups is 1. The molecule has 0 saturated carbocycles. The van der Waals surface area contributed by atoms with Gasteiger partial charge in [-0.3, -0.25) is 14.9 Å². The quantitative estimate of drug-likeness (QED) is 0.253. The molecule has 3 aromatic carbocycles. The fourth-order valence-corrected chi connectivity index (χ4v) is 3.52. The van der Waals surface area contributed by atoms with Crippen LogP contribution in [0.5, 0.6) is 5.75 Å². The number of para-hydroxylation sites is 1. The number of carbonyl (C=O) groups excluding carboxylic acids is 1. The van der Waals surface area contributed by atoms with E-state index in [-0.39, 0.29) is 18.2 Å². The molecule has 166 valence electrons. The molecular formula is C26H23N3O4. The van der Waals surface area contributed by atoms with E-state index in [0.717, 1.165) is 23.4 Å². The Hall–Kier alpha value is -4.26. The summed E-state index contributed by atoms with van der Waals surface area (Å²) >= 11 is 0. The first-order valence-corrected chi connectivity index (χ1v) is 10.7. The summed E-state index contributed by atoms with van der Waals surface area (Å²) in [5.74, 6) is 0.491. The van der Waals surface area contributed by atoms with E-state index in [0.29, 0.717) is 23.3 Å². The third-order valence-corrected chi connectivity index (χ3v) is 5.16. The first-order chi connectivity index (χ1) is 16.0. The highest BCUT2D eigenvalue weighted by atomic mass is 16.6. The molecular weight excluding hydrogens is 418 g/mol. The fourth-order valence-electron chi connectivity index (χ4n) is 3.52. The number of hydrazone groups is 1. The Kier molecular flexibility index (Phi) is 6.59. The molecule has 1 heterocycles. The lowest BCUT2D eigenvalue weighted by atomic mass is 10.0. The molecule has 1 amide bonds. The van der Waals surface area contributed by atoms with E-state index in [2.05, 4.69) is 12.0 Å². The molecule has 0 unspecified atom stereocenters. The molecule has 0 radical (unpaired) electrons. The first-order valence-electron chi connectivity index (χ1n) is 10.7. The molecule has 7 heteroatoms. The maximum atomic E-state index is 13.1. The molecule has 0 fully saturated rings.